The number of aromatic nitrogens is 1. The highest BCUT2D eigenvalue weighted by Crippen LogP contribution is 2.30. The van der Waals surface area contributed by atoms with Crippen LogP contribution in [0.4, 0.5) is 17.6 Å². The van der Waals surface area contributed by atoms with Crippen molar-refractivity contribution in [3.8, 4) is 5.75 Å². The number of ether oxygens (including phenoxy) is 1. The summed E-state index contributed by atoms with van der Waals surface area (Å²) in [5.41, 5.74) is -0.348. The van der Waals surface area contributed by atoms with Gasteiger partial charge in [-0.1, -0.05) is 24.3 Å². The first-order chi connectivity index (χ1) is 11.4. The monoisotopic (exact) mass is 335 g/mol. The smallest absolute Gasteiger partial charge is 0.362 e. The molecule has 0 saturated carbocycles. The van der Waals surface area contributed by atoms with Crippen LogP contribution >= 0.6 is 0 Å². The largest absolute Gasteiger partial charge is 0.418 e. The molecular formula is C17H9F4NO2. The van der Waals surface area contributed by atoms with Gasteiger partial charge < -0.3 is 4.74 Å². The Bertz CT molecular complexity index is 943. The second kappa shape index (κ2) is 5.92. The lowest BCUT2D eigenvalue weighted by Gasteiger charge is -2.10. The van der Waals surface area contributed by atoms with Gasteiger partial charge in [0.1, 0.15) is 5.69 Å². The second-order valence-electron chi connectivity index (χ2n) is 4.99. The van der Waals surface area contributed by atoms with E-state index >= 15 is 0 Å². The molecule has 0 fully saturated rings. The molecule has 0 aliphatic rings. The lowest BCUT2D eigenvalue weighted by Crippen LogP contribution is -2.14. The molecule has 0 spiro atoms. The minimum Gasteiger partial charge on any atom is -0.418 e. The summed E-state index contributed by atoms with van der Waals surface area (Å²) >= 11 is 0. The summed E-state index contributed by atoms with van der Waals surface area (Å²) in [7, 11) is 0. The molecule has 122 valence electrons. The van der Waals surface area contributed by atoms with Crippen LogP contribution in [0.5, 0.6) is 5.75 Å². The van der Waals surface area contributed by atoms with Crippen LogP contribution in [0.1, 0.15) is 16.1 Å². The van der Waals surface area contributed by atoms with Gasteiger partial charge in [0.15, 0.2) is 17.4 Å². The molecule has 0 aliphatic heterocycles. The average molecular weight is 335 g/mol. The normalized spacial score (nSPS) is 10.9. The fourth-order valence-electron chi connectivity index (χ4n) is 2.17. The van der Waals surface area contributed by atoms with E-state index in [-0.39, 0.29) is 5.69 Å². The number of para-hydroxylation sites is 1. The molecule has 0 amide bonds. The SMILES string of the molecule is Cc1c(F)c(F)c(F)c(F)c1OC(=O)c1ccc2ccccc2n1. The van der Waals surface area contributed by atoms with Crippen molar-refractivity contribution in [2.45, 2.75) is 6.92 Å². The molecule has 0 aliphatic carbocycles. The standard InChI is InChI=1S/C17H9F4NO2/c1-8-12(18)13(19)14(20)15(21)16(8)24-17(23)11-7-6-9-4-2-3-5-10(9)22-11/h2-7H,1H3. The maximum absolute atomic E-state index is 13.8. The third kappa shape index (κ3) is 2.58. The van der Waals surface area contributed by atoms with E-state index in [1.54, 1.807) is 30.3 Å². The fourth-order valence-corrected chi connectivity index (χ4v) is 2.17. The molecule has 0 unspecified atom stereocenters. The van der Waals surface area contributed by atoms with Gasteiger partial charge >= 0.3 is 5.97 Å². The van der Waals surface area contributed by atoms with Crippen LogP contribution in [-0.4, -0.2) is 11.0 Å². The van der Waals surface area contributed by atoms with E-state index in [9.17, 15) is 22.4 Å². The molecular weight excluding hydrogens is 326 g/mol. The Labute approximate surface area is 133 Å². The number of pyridine rings is 1. The Morgan fingerprint density at radius 2 is 1.58 bits per heavy atom. The zero-order valence-corrected chi connectivity index (χ0v) is 12.2. The first kappa shape index (κ1) is 15.9. The van der Waals surface area contributed by atoms with E-state index in [1.807, 2.05) is 0 Å². The van der Waals surface area contributed by atoms with Crippen molar-refractivity contribution in [2.75, 3.05) is 0 Å². The molecule has 7 heteroatoms. The molecule has 3 rings (SSSR count). The number of carbonyl (C=O) groups excluding carboxylic acids is 1. The molecule has 2 aromatic carbocycles. The van der Waals surface area contributed by atoms with Crippen molar-refractivity contribution < 1.29 is 27.1 Å². The second-order valence-corrected chi connectivity index (χ2v) is 4.99. The van der Waals surface area contributed by atoms with Crippen LogP contribution in [0, 0.1) is 30.2 Å². The number of hydrogen-bond donors (Lipinski definition) is 0. The van der Waals surface area contributed by atoms with Crippen LogP contribution < -0.4 is 4.74 Å². The molecule has 1 heterocycles. The highest BCUT2D eigenvalue weighted by molar-refractivity contribution is 5.92. The topological polar surface area (TPSA) is 39.2 Å². The summed E-state index contributed by atoms with van der Waals surface area (Å²) < 4.78 is 58.4. The van der Waals surface area contributed by atoms with E-state index in [0.29, 0.717) is 5.52 Å². The third-order valence-electron chi connectivity index (χ3n) is 3.45. The highest BCUT2D eigenvalue weighted by Gasteiger charge is 2.26. The minimum absolute atomic E-state index is 0.183. The summed E-state index contributed by atoms with van der Waals surface area (Å²) in [5.74, 6) is -9.54. The summed E-state index contributed by atoms with van der Waals surface area (Å²) in [6.45, 7) is 0.970. The Morgan fingerprint density at radius 1 is 0.917 bits per heavy atom. The quantitative estimate of drug-likeness (QED) is 0.230. The highest BCUT2D eigenvalue weighted by atomic mass is 19.2. The lowest BCUT2D eigenvalue weighted by molar-refractivity contribution is 0.0718. The zero-order chi connectivity index (χ0) is 17.4. The molecule has 3 aromatic rings. The molecule has 24 heavy (non-hydrogen) atoms. The number of nitrogens with zero attached hydrogens (tertiary/aromatic N) is 1. The van der Waals surface area contributed by atoms with Gasteiger partial charge in [0.2, 0.25) is 11.6 Å². The number of hydrogen-bond acceptors (Lipinski definition) is 3. The summed E-state index contributed by atoms with van der Waals surface area (Å²) in [6.07, 6.45) is 0. The van der Waals surface area contributed by atoms with Crippen LogP contribution in [0.25, 0.3) is 10.9 Å². The van der Waals surface area contributed by atoms with Crippen molar-refractivity contribution in [2.24, 2.45) is 0 Å². The maximum atomic E-state index is 13.8. The molecule has 3 nitrogen and oxygen atoms in total. The number of carbonyl (C=O) groups is 1. The molecule has 0 N–H and O–H groups in total. The van der Waals surface area contributed by atoms with E-state index in [0.717, 1.165) is 12.3 Å². The molecule has 0 atom stereocenters. The maximum Gasteiger partial charge on any atom is 0.362 e. The summed E-state index contributed by atoms with van der Waals surface area (Å²) in [6, 6.07) is 9.83. The van der Waals surface area contributed by atoms with Crippen molar-refractivity contribution in [1.82, 2.24) is 4.98 Å². The fraction of sp³-hybridized carbons (Fsp3) is 0.0588. The van der Waals surface area contributed by atoms with Crippen LogP contribution in [0.15, 0.2) is 36.4 Å². The van der Waals surface area contributed by atoms with Gasteiger partial charge in [-0.25, -0.2) is 22.9 Å². The number of benzene rings is 2. The third-order valence-corrected chi connectivity index (χ3v) is 3.45. The first-order valence-corrected chi connectivity index (χ1v) is 6.80. The molecule has 0 saturated heterocycles. The van der Waals surface area contributed by atoms with Crippen molar-refractivity contribution in [1.29, 1.82) is 0 Å². The van der Waals surface area contributed by atoms with Crippen LogP contribution in [0.3, 0.4) is 0 Å². The van der Waals surface area contributed by atoms with Crippen molar-refractivity contribution in [3.63, 3.8) is 0 Å². The van der Waals surface area contributed by atoms with Gasteiger partial charge in [-0.15, -0.1) is 0 Å². The van der Waals surface area contributed by atoms with E-state index in [1.165, 1.54) is 6.07 Å². The van der Waals surface area contributed by atoms with E-state index in [2.05, 4.69) is 4.98 Å². The number of fused-ring (bicyclic) bond motifs is 1. The van der Waals surface area contributed by atoms with Gasteiger partial charge in [0, 0.05) is 10.9 Å². The van der Waals surface area contributed by atoms with Gasteiger partial charge in [-0.05, 0) is 19.1 Å². The zero-order valence-electron chi connectivity index (χ0n) is 12.2. The Morgan fingerprint density at radius 3 is 2.33 bits per heavy atom. The number of halogens is 4. The van der Waals surface area contributed by atoms with Crippen LogP contribution in [-0.2, 0) is 0 Å². The van der Waals surface area contributed by atoms with E-state index < -0.39 is 40.6 Å². The first-order valence-electron chi connectivity index (χ1n) is 6.80. The number of rotatable bonds is 2. The lowest BCUT2D eigenvalue weighted by atomic mass is 10.2. The van der Waals surface area contributed by atoms with Gasteiger partial charge in [0.25, 0.3) is 0 Å². The van der Waals surface area contributed by atoms with E-state index in [4.69, 9.17) is 4.74 Å². The van der Waals surface area contributed by atoms with Gasteiger partial charge in [-0.3, -0.25) is 0 Å². The predicted molar refractivity (Wildman–Crippen MR) is 77.7 cm³/mol. The predicted octanol–water partition coefficient (Wildman–Crippen LogP) is 4.32. The minimum atomic E-state index is -2.05. The van der Waals surface area contributed by atoms with Crippen LogP contribution in [0.2, 0.25) is 0 Å². The average Bonchev–Trinajstić information content (AvgIpc) is 2.61. The summed E-state index contributed by atoms with van der Waals surface area (Å²) in [5, 5.41) is 0.760. The number of esters is 1. The Balaban J connectivity index is 2.00. The molecule has 0 bridgehead atoms. The van der Waals surface area contributed by atoms with Crippen molar-refractivity contribution >= 4 is 16.9 Å². The summed E-state index contributed by atoms with van der Waals surface area (Å²) in [4.78, 5) is 16.1. The van der Waals surface area contributed by atoms with Crippen molar-refractivity contribution in [3.05, 3.63) is 70.9 Å². The van der Waals surface area contributed by atoms with Gasteiger partial charge in [0.05, 0.1) is 5.52 Å². The Hall–Kier alpha value is -2.96. The Kier molecular flexibility index (Phi) is 3.92. The van der Waals surface area contributed by atoms with Gasteiger partial charge in [-0.2, -0.15) is 4.39 Å². The molecule has 1 aromatic heterocycles. The molecule has 0 radical (unpaired) electrons.